The largest absolute Gasteiger partial charge is 0.351 e. The van der Waals surface area contributed by atoms with Crippen LogP contribution in [0.15, 0.2) is 48.5 Å². The van der Waals surface area contributed by atoms with Crippen LogP contribution in [0.1, 0.15) is 41.0 Å². The maximum absolute atomic E-state index is 14.0. The van der Waals surface area contributed by atoms with Crippen molar-refractivity contribution in [2.45, 2.75) is 39.9 Å². The molecule has 2 aromatic carbocycles. The number of aryl methyl sites for hydroxylation is 1. The standard InChI is InChI=1S/C24H28F2N4O/c1-16-22(18(3)30(28-16)14-19-8-6-5-7-9-19)13-27-24(31)15-29(4)17(2)21-12-20(25)10-11-23(21)26/h5-12,17H,13-15H2,1-4H3,(H,27,31). The molecule has 31 heavy (non-hydrogen) atoms. The lowest BCUT2D eigenvalue weighted by Gasteiger charge is -2.25. The van der Waals surface area contributed by atoms with Crippen LogP contribution in [0.3, 0.4) is 0 Å². The molecule has 164 valence electrons. The van der Waals surface area contributed by atoms with E-state index >= 15 is 0 Å². The Balaban J connectivity index is 1.60. The van der Waals surface area contributed by atoms with Gasteiger partial charge < -0.3 is 5.32 Å². The van der Waals surface area contributed by atoms with Gasteiger partial charge in [0.05, 0.1) is 18.8 Å². The van der Waals surface area contributed by atoms with Gasteiger partial charge >= 0.3 is 0 Å². The molecule has 0 bridgehead atoms. The van der Waals surface area contributed by atoms with E-state index in [9.17, 15) is 13.6 Å². The number of aromatic nitrogens is 2. The quantitative estimate of drug-likeness (QED) is 0.589. The van der Waals surface area contributed by atoms with E-state index < -0.39 is 17.7 Å². The molecule has 1 heterocycles. The van der Waals surface area contributed by atoms with Crippen LogP contribution < -0.4 is 5.32 Å². The van der Waals surface area contributed by atoms with Crippen molar-refractivity contribution in [1.82, 2.24) is 20.0 Å². The zero-order valence-corrected chi connectivity index (χ0v) is 18.3. The second kappa shape index (κ2) is 9.83. The Bertz CT molecular complexity index is 1050. The Morgan fingerprint density at radius 3 is 2.58 bits per heavy atom. The molecule has 0 aliphatic carbocycles. The van der Waals surface area contributed by atoms with Crippen LogP contribution >= 0.6 is 0 Å². The van der Waals surface area contributed by atoms with Gasteiger partial charge in [0, 0.05) is 29.4 Å². The molecule has 0 fully saturated rings. The highest BCUT2D eigenvalue weighted by atomic mass is 19.1. The minimum atomic E-state index is -0.500. The molecule has 1 unspecified atom stereocenters. The van der Waals surface area contributed by atoms with Gasteiger partial charge in [-0.25, -0.2) is 8.78 Å². The molecule has 3 aromatic rings. The van der Waals surface area contributed by atoms with Crippen LogP contribution in [0.5, 0.6) is 0 Å². The summed E-state index contributed by atoms with van der Waals surface area (Å²) >= 11 is 0. The van der Waals surface area contributed by atoms with Crippen LogP contribution in [0.4, 0.5) is 8.78 Å². The SMILES string of the molecule is Cc1nn(Cc2ccccc2)c(C)c1CNC(=O)CN(C)C(C)c1cc(F)ccc1F. The van der Waals surface area contributed by atoms with Crippen molar-refractivity contribution in [3.8, 4) is 0 Å². The summed E-state index contributed by atoms with van der Waals surface area (Å²) in [4.78, 5) is 14.2. The maximum atomic E-state index is 14.0. The first kappa shape index (κ1) is 22.6. The minimum Gasteiger partial charge on any atom is -0.351 e. The number of nitrogens with zero attached hydrogens (tertiary/aromatic N) is 3. The lowest BCUT2D eigenvalue weighted by molar-refractivity contribution is -0.122. The fourth-order valence-electron chi connectivity index (χ4n) is 3.58. The monoisotopic (exact) mass is 426 g/mol. The molecule has 1 atom stereocenters. The molecular formula is C24H28F2N4O. The highest BCUT2D eigenvalue weighted by Gasteiger charge is 2.19. The van der Waals surface area contributed by atoms with Gasteiger partial charge in [-0.2, -0.15) is 5.10 Å². The molecular weight excluding hydrogens is 398 g/mol. The number of rotatable bonds is 8. The summed E-state index contributed by atoms with van der Waals surface area (Å²) in [7, 11) is 1.71. The molecule has 0 saturated heterocycles. The van der Waals surface area contributed by atoms with Crippen molar-refractivity contribution in [2.24, 2.45) is 0 Å². The summed E-state index contributed by atoms with van der Waals surface area (Å²) in [6, 6.07) is 13.0. The highest BCUT2D eigenvalue weighted by molar-refractivity contribution is 5.78. The van der Waals surface area contributed by atoms with Crippen molar-refractivity contribution in [3.05, 3.63) is 88.2 Å². The van der Waals surface area contributed by atoms with E-state index in [-0.39, 0.29) is 18.0 Å². The molecule has 0 radical (unpaired) electrons. The summed E-state index contributed by atoms with van der Waals surface area (Å²) in [6.45, 7) is 6.76. The molecule has 7 heteroatoms. The molecule has 3 rings (SSSR count). The number of carbonyl (C=O) groups is 1. The van der Waals surface area contributed by atoms with Crippen LogP contribution in [-0.4, -0.2) is 34.2 Å². The smallest absolute Gasteiger partial charge is 0.234 e. The average molecular weight is 427 g/mol. The predicted molar refractivity (Wildman–Crippen MR) is 116 cm³/mol. The zero-order valence-electron chi connectivity index (χ0n) is 18.3. The fraction of sp³-hybridized carbons (Fsp3) is 0.333. The fourth-order valence-corrected chi connectivity index (χ4v) is 3.58. The van der Waals surface area contributed by atoms with Gasteiger partial charge in [0.2, 0.25) is 5.91 Å². The van der Waals surface area contributed by atoms with Gasteiger partial charge in [-0.15, -0.1) is 0 Å². The Kier molecular flexibility index (Phi) is 7.17. The molecule has 1 amide bonds. The third-order valence-corrected chi connectivity index (χ3v) is 5.63. The summed E-state index contributed by atoms with van der Waals surface area (Å²) < 4.78 is 29.5. The van der Waals surface area contributed by atoms with E-state index in [4.69, 9.17) is 0 Å². The molecule has 1 N–H and O–H groups in total. The molecule has 0 saturated carbocycles. The minimum absolute atomic E-state index is 0.0629. The van der Waals surface area contributed by atoms with Crippen molar-refractivity contribution in [1.29, 1.82) is 0 Å². The van der Waals surface area contributed by atoms with E-state index in [0.717, 1.165) is 34.6 Å². The van der Waals surface area contributed by atoms with Gasteiger partial charge in [0.1, 0.15) is 11.6 Å². The first-order valence-corrected chi connectivity index (χ1v) is 10.2. The lowest BCUT2D eigenvalue weighted by Crippen LogP contribution is -2.36. The van der Waals surface area contributed by atoms with Crippen molar-refractivity contribution < 1.29 is 13.6 Å². The number of hydrogen-bond acceptors (Lipinski definition) is 3. The average Bonchev–Trinajstić information content (AvgIpc) is 3.01. The first-order valence-electron chi connectivity index (χ1n) is 10.2. The van der Waals surface area contributed by atoms with Crippen molar-refractivity contribution >= 4 is 5.91 Å². The molecule has 1 aromatic heterocycles. The highest BCUT2D eigenvalue weighted by Crippen LogP contribution is 2.22. The normalized spacial score (nSPS) is 12.2. The molecule has 0 aliphatic rings. The lowest BCUT2D eigenvalue weighted by atomic mass is 10.1. The zero-order chi connectivity index (χ0) is 22.5. The topological polar surface area (TPSA) is 50.2 Å². The number of nitrogens with one attached hydrogen (secondary N) is 1. The maximum Gasteiger partial charge on any atom is 0.234 e. The Hall–Kier alpha value is -3.06. The van der Waals surface area contributed by atoms with E-state index in [1.165, 1.54) is 6.07 Å². The second-order valence-corrected chi connectivity index (χ2v) is 7.83. The van der Waals surface area contributed by atoms with Gasteiger partial charge in [-0.3, -0.25) is 14.4 Å². The van der Waals surface area contributed by atoms with Crippen LogP contribution in [0.25, 0.3) is 0 Å². The van der Waals surface area contributed by atoms with Crippen LogP contribution in [-0.2, 0) is 17.9 Å². The van der Waals surface area contributed by atoms with Crippen molar-refractivity contribution in [3.63, 3.8) is 0 Å². The number of halogens is 2. The van der Waals surface area contributed by atoms with Gasteiger partial charge in [0.15, 0.2) is 0 Å². The van der Waals surface area contributed by atoms with E-state index in [1.807, 2.05) is 36.7 Å². The van der Waals surface area contributed by atoms with Gasteiger partial charge in [-0.05, 0) is 51.6 Å². The third kappa shape index (κ3) is 5.55. The summed E-state index contributed by atoms with van der Waals surface area (Å²) in [5.41, 5.74) is 4.24. The van der Waals surface area contributed by atoms with Crippen LogP contribution in [0, 0.1) is 25.5 Å². The second-order valence-electron chi connectivity index (χ2n) is 7.83. The number of hydrogen-bond donors (Lipinski definition) is 1. The number of carbonyl (C=O) groups excluding carboxylic acids is 1. The summed E-state index contributed by atoms with van der Waals surface area (Å²) in [6.07, 6.45) is 0. The Morgan fingerprint density at radius 2 is 1.87 bits per heavy atom. The molecule has 0 aliphatic heterocycles. The van der Waals surface area contributed by atoms with Gasteiger partial charge in [0.25, 0.3) is 0 Å². The molecule has 5 nitrogen and oxygen atoms in total. The van der Waals surface area contributed by atoms with Crippen LogP contribution in [0.2, 0.25) is 0 Å². The number of benzene rings is 2. The van der Waals surface area contributed by atoms with E-state index in [1.54, 1.807) is 18.9 Å². The predicted octanol–water partition coefficient (Wildman–Crippen LogP) is 4.14. The first-order chi connectivity index (χ1) is 14.8. The van der Waals surface area contributed by atoms with E-state index in [2.05, 4.69) is 22.5 Å². The van der Waals surface area contributed by atoms with Gasteiger partial charge in [-0.1, -0.05) is 30.3 Å². The summed E-state index contributed by atoms with van der Waals surface area (Å²) in [5.74, 6) is -1.18. The Labute approximate surface area is 181 Å². The third-order valence-electron chi connectivity index (χ3n) is 5.63. The molecule has 0 spiro atoms. The van der Waals surface area contributed by atoms with Crippen molar-refractivity contribution in [2.75, 3.05) is 13.6 Å². The summed E-state index contributed by atoms with van der Waals surface area (Å²) in [5, 5.41) is 7.53. The number of amides is 1. The Morgan fingerprint density at radius 1 is 1.16 bits per heavy atom. The van der Waals surface area contributed by atoms with E-state index in [0.29, 0.717) is 13.1 Å². The number of likely N-dealkylation sites (N-methyl/N-ethyl adjacent to an activating group) is 1.